The zero-order chi connectivity index (χ0) is 27.0. The van der Waals surface area contributed by atoms with E-state index in [2.05, 4.69) is 55.6 Å². The molecule has 0 saturated heterocycles. The van der Waals surface area contributed by atoms with E-state index in [-0.39, 0.29) is 11.3 Å². The van der Waals surface area contributed by atoms with Crippen molar-refractivity contribution in [3.63, 3.8) is 0 Å². The second kappa shape index (κ2) is 10.5. The molecule has 0 radical (unpaired) electrons. The first-order valence-electron chi connectivity index (χ1n) is 13.0. The number of aliphatic imine (C=N–C) groups is 1. The molecule has 0 bridgehead atoms. The number of carbonyl (C=O) groups excluding carboxylic acids is 1. The van der Waals surface area contributed by atoms with Crippen LogP contribution in [-0.2, 0) is 12.8 Å². The average molecular weight is 545 g/mol. The molecule has 4 aromatic rings. The topological polar surface area (TPSA) is 59.3 Å². The summed E-state index contributed by atoms with van der Waals surface area (Å²) in [5.41, 5.74) is 7.02. The number of aryl methyl sites for hydroxylation is 1. The van der Waals surface area contributed by atoms with Gasteiger partial charge >= 0.3 is 0 Å². The van der Waals surface area contributed by atoms with Crippen molar-refractivity contribution < 1.29 is 4.79 Å². The number of nitrogens with one attached hydrogen (secondary N) is 1. The molecule has 0 saturated carbocycles. The summed E-state index contributed by atoms with van der Waals surface area (Å²) in [4.78, 5) is 24.1. The molecule has 1 N–H and O–H groups in total. The molecule has 7 heteroatoms. The minimum Gasteiger partial charge on any atom is -0.322 e. The highest BCUT2D eigenvalue weighted by Gasteiger charge is 2.33. The first-order chi connectivity index (χ1) is 18.1. The molecule has 1 amide bonds. The number of benzene rings is 1. The van der Waals surface area contributed by atoms with Crippen LogP contribution in [0.3, 0.4) is 0 Å². The van der Waals surface area contributed by atoms with E-state index in [9.17, 15) is 4.79 Å². The number of anilines is 1. The van der Waals surface area contributed by atoms with E-state index < -0.39 is 0 Å². The summed E-state index contributed by atoms with van der Waals surface area (Å²) in [6, 6.07) is 13.3. The van der Waals surface area contributed by atoms with E-state index in [1.165, 1.54) is 4.88 Å². The van der Waals surface area contributed by atoms with Crippen molar-refractivity contribution in [1.29, 1.82) is 0 Å². The summed E-state index contributed by atoms with van der Waals surface area (Å²) in [5, 5.41) is 4.48. The average Bonchev–Trinajstić information content (AvgIpc) is 3.39. The van der Waals surface area contributed by atoms with E-state index >= 15 is 0 Å². The molecule has 0 aliphatic heterocycles. The van der Waals surface area contributed by atoms with Gasteiger partial charge in [0.05, 0.1) is 17.4 Å². The Bertz CT molecular complexity index is 1490. The van der Waals surface area contributed by atoms with Gasteiger partial charge in [0.1, 0.15) is 5.00 Å². The number of rotatable bonds is 5. The number of thiophene rings is 1. The van der Waals surface area contributed by atoms with Gasteiger partial charge in [0.15, 0.2) is 0 Å². The lowest BCUT2D eigenvalue weighted by molar-refractivity contribution is 0.102. The third kappa shape index (κ3) is 5.33. The summed E-state index contributed by atoms with van der Waals surface area (Å²) in [6.07, 6.45) is 8.48. The number of nitrogens with zero attached hydrogens (tertiary/aromatic N) is 3. The first kappa shape index (κ1) is 26.4. The molecule has 1 atom stereocenters. The summed E-state index contributed by atoms with van der Waals surface area (Å²) < 4.78 is 2.18. The molecular formula is C31H33ClN4OS. The Hall–Kier alpha value is -3.22. The second-order valence-corrected chi connectivity index (χ2v) is 12.6. The zero-order valence-electron chi connectivity index (χ0n) is 22.5. The number of halogens is 1. The Labute approximate surface area is 233 Å². The molecule has 5 nitrogen and oxygen atoms in total. The van der Waals surface area contributed by atoms with Crippen LogP contribution in [0.4, 0.5) is 10.7 Å². The minimum absolute atomic E-state index is 0.119. The minimum atomic E-state index is -0.119. The third-order valence-electron chi connectivity index (χ3n) is 7.50. The fraction of sp³-hybridized carbons (Fsp3) is 0.323. The highest BCUT2D eigenvalue weighted by molar-refractivity contribution is 7.16. The molecule has 0 spiro atoms. The third-order valence-corrected chi connectivity index (χ3v) is 8.91. The molecule has 38 heavy (non-hydrogen) atoms. The van der Waals surface area contributed by atoms with Crippen LogP contribution in [0.5, 0.6) is 0 Å². The van der Waals surface area contributed by atoms with Gasteiger partial charge in [-0.1, -0.05) is 32.4 Å². The Kier molecular flexibility index (Phi) is 7.30. The van der Waals surface area contributed by atoms with E-state index in [1.807, 2.05) is 36.7 Å². The Morgan fingerprint density at radius 1 is 1.21 bits per heavy atom. The fourth-order valence-electron chi connectivity index (χ4n) is 5.29. The predicted molar refractivity (Wildman–Crippen MR) is 159 cm³/mol. The van der Waals surface area contributed by atoms with Gasteiger partial charge in [-0.15, -0.1) is 11.3 Å². The second-order valence-electron chi connectivity index (χ2n) is 11.1. The van der Waals surface area contributed by atoms with Gasteiger partial charge in [-0.3, -0.25) is 9.78 Å². The number of aromatic nitrogens is 2. The lowest BCUT2D eigenvalue weighted by atomic mass is 9.72. The van der Waals surface area contributed by atoms with E-state index in [0.717, 1.165) is 58.2 Å². The number of hydrogen-bond donors (Lipinski definition) is 1. The number of fused-ring (bicyclic) bond motifs is 1. The fourth-order valence-corrected chi connectivity index (χ4v) is 6.69. The van der Waals surface area contributed by atoms with Gasteiger partial charge in [0.25, 0.3) is 5.91 Å². The molecule has 196 valence electrons. The standard InChI is InChI=1S/C31H33ClN4OS/c1-19-15-21(20(2)36(19)25-7-6-14-33-18-25)17-34-30-28(29(37)35-24-11-9-23(32)10-12-24)26-13-8-22(31(3,4)5)16-27(26)38-30/h6-7,9-12,14-15,17-18,22H,8,13,16H2,1-5H3,(H,35,37)/t22-/m0/s1. The van der Waals surface area contributed by atoms with Crippen LogP contribution >= 0.6 is 22.9 Å². The predicted octanol–water partition coefficient (Wildman–Crippen LogP) is 8.36. The smallest absolute Gasteiger partial charge is 0.259 e. The number of amides is 1. The van der Waals surface area contributed by atoms with Gasteiger partial charge in [-0.05, 0) is 92.5 Å². The van der Waals surface area contributed by atoms with Crippen LogP contribution in [0.15, 0.2) is 59.9 Å². The molecule has 1 aliphatic rings. The monoisotopic (exact) mass is 544 g/mol. The molecular weight excluding hydrogens is 512 g/mol. The molecule has 3 heterocycles. The van der Waals surface area contributed by atoms with E-state index in [4.69, 9.17) is 16.6 Å². The van der Waals surface area contributed by atoms with Gasteiger partial charge in [-0.2, -0.15) is 0 Å². The molecule has 1 aromatic carbocycles. The van der Waals surface area contributed by atoms with Gasteiger partial charge in [-0.25, -0.2) is 4.99 Å². The van der Waals surface area contributed by atoms with Crippen molar-refractivity contribution >= 4 is 45.7 Å². The quantitative estimate of drug-likeness (QED) is 0.256. The lowest BCUT2D eigenvalue weighted by Crippen LogP contribution is -2.27. The molecule has 0 unspecified atom stereocenters. The van der Waals surface area contributed by atoms with Crippen molar-refractivity contribution in [2.75, 3.05) is 5.32 Å². The zero-order valence-corrected chi connectivity index (χ0v) is 24.1. The van der Waals surface area contributed by atoms with Crippen molar-refractivity contribution in [1.82, 2.24) is 9.55 Å². The van der Waals surface area contributed by atoms with Gasteiger partial charge < -0.3 is 9.88 Å². The Balaban J connectivity index is 1.52. The lowest BCUT2D eigenvalue weighted by Gasteiger charge is -2.33. The van der Waals surface area contributed by atoms with Crippen LogP contribution in [0.1, 0.15) is 64.9 Å². The SMILES string of the molecule is Cc1cc(C=Nc2sc3c(c2C(=O)Nc2ccc(Cl)cc2)CC[C@H](C(C)(C)C)C3)c(C)n1-c1cccnc1. The molecule has 5 rings (SSSR count). The maximum atomic E-state index is 13.6. The highest BCUT2D eigenvalue weighted by atomic mass is 35.5. The Morgan fingerprint density at radius 3 is 2.66 bits per heavy atom. The van der Waals surface area contributed by atoms with Crippen LogP contribution < -0.4 is 5.32 Å². The normalized spacial score (nSPS) is 15.6. The molecule has 0 fully saturated rings. The number of carbonyl (C=O) groups is 1. The van der Waals surface area contributed by atoms with E-state index in [1.54, 1.807) is 29.7 Å². The summed E-state index contributed by atoms with van der Waals surface area (Å²) in [7, 11) is 0. The van der Waals surface area contributed by atoms with E-state index in [0.29, 0.717) is 16.5 Å². The number of hydrogen-bond acceptors (Lipinski definition) is 4. The summed E-state index contributed by atoms with van der Waals surface area (Å²) in [5.74, 6) is 0.461. The first-order valence-corrected chi connectivity index (χ1v) is 14.2. The van der Waals surface area contributed by atoms with Gasteiger partial charge in [0, 0.05) is 44.9 Å². The maximum Gasteiger partial charge on any atom is 0.259 e. The van der Waals surface area contributed by atoms with Crippen LogP contribution in [0.25, 0.3) is 5.69 Å². The Morgan fingerprint density at radius 2 is 1.97 bits per heavy atom. The molecule has 3 aromatic heterocycles. The highest BCUT2D eigenvalue weighted by Crippen LogP contribution is 2.45. The van der Waals surface area contributed by atoms with Crippen LogP contribution in [0.2, 0.25) is 5.02 Å². The maximum absolute atomic E-state index is 13.6. The van der Waals surface area contributed by atoms with Crippen molar-refractivity contribution in [2.24, 2.45) is 16.3 Å². The van der Waals surface area contributed by atoms with Crippen molar-refractivity contribution in [3.05, 3.63) is 92.8 Å². The van der Waals surface area contributed by atoms with Crippen LogP contribution in [-0.4, -0.2) is 21.7 Å². The van der Waals surface area contributed by atoms with Crippen molar-refractivity contribution in [2.45, 2.75) is 53.9 Å². The summed E-state index contributed by atoms with van der Waals surface area (Å²) in [6.45, 7) is 11.1. The number of pyridine rings is 1. The van der Waals surface area contributed by atoms with Crippen molar-refractivity contribution in [3.8, 4) is 5.69 Å². The van der Waals surface area contributed by atoms with Gasteiger partial charge in [0.2, 0.25) is 0 Å². The summed E-state index contributed by atoms with van der Waals surface area (Å²) >= 11 is 7.71. The van der Waals surface area contributed by atoms with Crippen LogP contribution in [0, 0.1) is 25.2 Å². The largest absolute Gasteiger partial charge is 0.322 e. The molecule has 1 aliphatic carbocycles.